The highest BCUT2D eigenvalue weighted by atomic mass is 35.5. The summed E-state index contributed by atoms with van der Waals surface area (Å²) in [5.41, 5.74) is 0.907. The Balaban J connectivity index is 1.67. The number of hydrogen-bond acceptors (Lipinski definition) is 5. The van der Waals surface area contributed by atoms with Crippen LogP contribution >= 0.6 is 11.6 Å². The standard InChI is InChI=1S/C16H11ClF3N5/c17-14-2-1-10(6-23-14)11-7-24-15(25-8-11)9-22-12-3-4-21-13(5-12)16(18,19)20/h1-8H,9H2,(H,21,22). The van der Waals surface area contributed by atoms with Crippen LogP contribution in [0.2, 0.25) is 5.15 Å². The third kappa shape index (κ3) is 4.42. The minimum absolute atomic E-state index is 0.181. The maximum absolute atomic E-state index is 12.6. The van der Waals surface area contributed by atoms with Gasteiger partial charge in [-0.3, -0.25) is 4.98 Å². The molecule has 25 heavy (non-hydrogen) atoms. The molecule has 128 valence electrons. The van der Waals surface area contributed by atoms with Crippen LogP contribution in [-0.4, -0.2) is 19.9 Å². The average molecular weight is 366 g/mol. The zero-order valence-corrected chi connectivity index (χ0v) is 13.4. The van der Waals surface area contributed by atoms with Gasteiger partial charge in [0.15, 0.2) is 0 Å². The molecule has 1 N–H and O–H groups in total. The van der Waals surface area contributed by atoms with Crippen LogP contribution in [0.5, 0.6) is 0 Å². The highest BCUT2D eigenvalue weighted by Crippen LogP contribution is 2.28. The number of rotatable bonds is 4. The Bertz CT molecular complexity index is 851. The Morgan fingerprint density at radius 2 is 1.64 bits per heavy atom. The van der Waals surface area contributed by atoms with Crippen molar-refractivity contribution in [3.05, 3.63) is 65.7 Å². The number of pyridine rings is 2. The number of nitrogens with zero attached hydrogens (tertiary/aromatic N) is 4. The van der Waals surface area contributed by atoms with Crippen LogP contribution in [0.4, 0.5) is 18.9 Å². The molecule has 0 unspecified atom stereocenters. The van der Waals surface area contributed by atoms with Gasteiger partial charge in [0, 0.05) is 41.6 Å². The minimum atomic E-state index is -4.48. The van der Waals surface area contributed by atoms with E-state index in [1.54, 1.807) is 30.7 Å². The topological polar surface area (TPSA) is 63.6 Å². The number of alkyl halides is 3. The predicted molar refractivity (Wildman–Crippen MR) is 86.8 cm³/mol. The summed E-state index contributed by atoms with van der Waals surface area (Å²) in [5.74, 6) is 0.441. The van der Waals surface area contributed by atoms with Crippen molar-refractivity contribution in [2.24, 2.45) is 0 Å². The maximum Gasteiger partial charge on any atom is 0.433 e. The van der Waals surface area contributed by atoms with Crippen molar-refractivity contribution in [3.63, 3.8) is 0 Å². The van der Waals surface area contributed by atoms with Gasteiger partial charge in [-0.25, -0.2) is 15.0 Å². The van der Waals surface area contributed by atoms with Crippen LogP contribution in [0, 0.1) is 0 Å². The van der Waals surface area contributed by atoms with Crippen LogP contribution in [-0.2, 0) is 12.7 Å². The number of hydrogen-bond donors (Lipinski definition) is 1. The van der Waals surface area contributed by atoms with Crippen LogP contribution < -0.4 is 5.32 Å². The Morgan fingerprint density at radius 3 is 2.28 bits per heavy atom. The number of halogens is 4. The third-order valence-electron chi connectivity index (χ3n) is 3.27. The number of anilines is 1. The normalized spacial score (nSPS) is 11.4. The summed E-state index contributed by atoms with van der Waals surface area (Å²) in [6.07, 6.45) is 1.45. The van der Waals surface area contributed by atoms with Crippen molar-refractivity contribution in [3.8, 4) is 11.1 Å². The lowest BCUT2D eigenvalue weighted by Gasteiger charge is -2.09. The highest BCUT2D eigenvalue weighted by Gasteiger charge is 2.32. The van der Waals surface area contributed by atoms with E-state index in [9.17, 15) is 13.2 Å². The van der Waals surface area contributed by atoms with Gasteiger partial charge in [0.25, 0.3) is 0 Å². The van der Waals surface area contributed by atoms with E-state index in [4.69, 9.17) is 11.6 Å². The summed E-state index contributed by atoms with van der Waals surface area (Å²) < 4.78 is 37.9. The first-order valence-electron chi connectivity index (χ1n) is 7.12. The monoisotopic (exact) mass is 365 g/mol. The molecule has 0 aliphatic rings. The van der Waals surface area contributed by atoms with E-state index in [2.05, 4.69) is 25.3 Å². The number of nitrogens with one attached hydrogen (secondary N) is 1. The smallest absolute Gasteiger partial charge is 0.378 e. The average Bonchev–Trinajstić information content (AvgIpc) is 2.61. The van der Waals surface area contributed by atoms with Crippen molar-refractivity contribution < 1.29 is 13.2 Å². The van der Waals surface area contributed by atoms with Crippen molar-refractivity contribution in [2.45, 2.75) is 12.7 Å². The van der Waals surface area contributed by atoms with E-state index in [0.717, 1.165) is 23.4 Å². The zero-order valence-electron chi connectivity index (χ0n) is 12.6. The van der Waals surface area contributed by atoms with Crippen LogP contribution in [0.25, 0.3) is 11.1 Å². The molecule has 3 heterocycles. The molecular weight excluding hydrogens is 355 g/mol. The fourth-order valence-electron chi connectivity index (χ4n) is 2.02. The van der Waals surface area contributed by atoms with Crippen molar-refractivity contribution >= 4 is 17.3 Å². The molecule has 3 aromatic heterocycles. The Morgan fingerprint density at radius 1 is 0.920 bits per heavy atom. The number of aromatic nitrogens is 4. The van der Waals surface area contributed by atoms with E-state index < -0.39 is 11.9 Å². The summed E-state index contributed by atoms with van der Waals surface area (Å²) >= 11 is 5.74. The highest BCUT2D eigenvalue weighted by molar-refractivity contribution is 6.29. The summed E-state index contributed by atoms with van der Waals surface area (Å²) in [4.78, 5) is 15.7. The molecule has 0 fully saturated rings. The van der Waals surface area contributed by atoms with Gasteiger partial charge < -0.3 is 5.32 Å². The van der Waals surface area contributed by atoms with E-state index in [1.165, 1.54) is 6.07 Å². The molecule has 0 saturated heterocycles. The quantitative estimate of drug-likeness (QED) is 0.701. The maximum atomic E-state index is 12.6. The van der Waals surface area contributed by atoms with Gasteiger partial charge >= 0.3 is 6.18 Å². The fraction of sp³-hybridized carbons (Fsp3) is 0.125. The van der Waals surface area contributed by atoms with Gasteiger partial charge in [0.1, 0.15) is 16.7 Å². The molecule has 5 nitrogen and oxygen atoms in total. The third-order valence-corrected chi connectivity index (χ3v) is 3.49. The second kappa shape index (κ2) is 7.02. The molecule has 9 heteroatoms. The summed E-state index contributed by atoms with van der Waals surface area (Å²) in [6, 6.07) is 5.84. The lowest BCUT2D eigenvalue weighted by atomic mass is 10.1. The lowest BCUT2D eigenvalue weighted by molar-refractivity contribution is -0.141. The molecule has 0 aliphatic carbocycles. The fourth-order valence-corrected chi connectivity index (χ4v) is 2.13. The second-order valence-electron chi connectivity index (χ2n) is 5.04. The van der Waals surface area contributed by atoms with Gasteiger partial charge in [-0.1, -0.05) is 11.6 Å². The molecule has 3 aromatic rings. The van der Waals surface area contributed by atoms with E-state index in [-0.39, 0.29) is 12.2 Å². The van der Waals surface area contributed by atoms with E-state index in [1.807, 2.05) is 0 Å². The van der Waals surface area contributed by atoms with Crippen molar-refractivity contribution in [1.82, 2.24) is 19.9 Å². The summed E-state index contributed by atoms with van der Waals surface area (Å²) in [7, 11) is 0. The molecule has 0 saturated carbocycles. The lowest BCUT2D eigenvalue weighted by Crippen LogP contribution is -2.09. The SMILES string of the molecule is FC(F)(F)c1cc(NCc2ncc(-c3ccc(Cl)nc3)cn2)ccn1. The molecule has 0 spiro atoms. The van der Waals surface area contributed by atoms with Crippen LogP contribution in [0.15, 0.2) is 49.1 Å². The first-order valence-corrected chi connectivity index (χ1v) is 7.49. The molecule has 0 amide bonds. The molecule has 3 rings (SSSR count). The molecule has 0 bridgehead atoms. The van der Waals surface area contributed by atoms with E-state index >= 15 is 0 Å². The minimum Gasteiger partial charge on any atom is -0.378 e. The van der Waals surface area contributed by atoms with Gasteiger partial charge in [0.05, 0.1) is 6.54 Å². The Kier molecular flexibility index (Phi) is 4.80. The first-order chi connectivity index (χ1) is 11.9. The van der Waals surface area contributed by atoms with E-state index in [0.29, 0.717) is 11.0 Å². The summed E-state index contributed by atoms with van der Waals surface area (Å²) in [5, 5.41) is 3.24. The van der Waals surface area contributed by atoms with Crippen molar-refractivity contribution in [2.75, 3.05) is 5.32 Å². The van der Waals surface area contributed by atoms with Crippen LogP contribution in [0.1, 0.15) is 11.5 Å². The molecule has 0 aliphatic heterocycles. The van der Waals surface area contributed by atoms with Gasteiger partial charge in [0.2, 0.25) is 0 Å². The summed E-state index contributed by atoms with van der Waals surface area (Å²) in [6.45, 7) is 0.181. The largest absolute Gasteiger partial charge is 0.433 e. The zero-order chi connectivity index (χ0) is 17.9. The molecular formula is C16H11ClF3N5. The molecule has 0 radical (unpaired) electrons. The Hall–Kier alpha value is -2.74. The molecule has 0 aromatic carbocycles. The predicted octanol–water partition coefficient (Wildman–Crippen LogP) is 4.22. The van der Waals surface area contributed by atoms with Gasteiger partial charge in [-0.05, 0) is 24.3 Å². The van der Waals surface area contributed by atoms with Crippen molar-refractivity contribution in [1.29, 1.82) is 0 Å². The molecule has 0 atom stereocenters. The van der Waals surface area contributed by atoms with Crippen LogP contribution in [0.3, 0.4) is 0 Å². The first kappa shape index (κ1) is 17.1. The van der Waals surface area contributed by atoms with Gasteiger partial charge in [-0.2, -0.15) is 13.2 Å². The van der Waals surface area contributed by atoms with Gasteiger partial charge in [-0.15, -0.1) is 0 Å². The Labute approximate surface area is 146 Å². The second-order valence-corrected chi connectivity index (χ2v) is 5.43.